The summed E-state index contributed by atoms with van der Waals surface area (Å²) in [5.74, 6) is 0.490. The Labute approximate surface area is 161 Å². The third-order valence-corrected chi connectivity index (χ3v) is 5.20. The number of nitrogens with zero attached hydrogens (tertiary/aromatic N) is 6. The number of amides is 1. The lowest BCUT2D eigenvalue weighted by Crippen LogP contribution is -2.24. The minimum atomic E-state index is -0.182. The van der Waals surface area contributed by atoms with Gasteiger partial charge in [-0.15, -0.1) is 0 Å². The van der Waals surface area contributed by atoms with E-state index in [9.17, 15) is 4.79 Å². The molecule has 0 saturated carbocycles. The molecule has 8 heteroatoms. The largest absolute Gasteiger partial charge is 0.311 e. The van der Waals surface area contributed by atoms with Crippen LogP contribution in [0.3, 0.4) is 0 Å². The van der Waals surface area contributed by atoms with Gasteiger partial charge in [0.25, 0.3) is 0 Å². The molecule has 1 aliphatic heterocycles. The molecule has 5 rings (SSSR count). The van der Waals surface area contributed by atoms with Crippen LogP contribution in [0, 0.1) is 13.8 Å². The molecule has 1 aliphatic rings. The Bertz CT molecular complexity index is 1220. The molecule has 1 amide bonds. The van der Waals surface area contributed by atoms with Gasteiger partial charge >= 0.3 is 0 Å². The highest BCUT2D eigenvalue weighted by Crippen LogP contribution is 2.43. The maximum Gasteiger partial charge on any atom is 0.226 e. The van der Waals surface area contributed by atoms with Gasteiger partial charge in [0.15, 0.2) is 5.65 Å². The van der Waals surface area contributed by atoms with Crippen molar-refractivity contribution in [3.63, 3.8) is 0 Å². The van der Waals surface area contributed by atoms with Gasteiger partial charge in [-0.2, -0.15) is 10.2 Å². The van der Waals surface area contributed by atoms with E-state index >= 15 is 0 Å². The van der Waals surface area contributed by atoms with Crippen LogP contribution in [0.4, 0.5) is 5.82 Å². The SMILES string of the molecule is Cc1cc(C)n2ncc(C3CC(=O)Nc4c3c(-c3cccnc3)nn4C)c2n1. The summed E-state index contributed by atoms with van der Waals surface area (Å²) in [5.41, 5.74) is 6.35. The highest BCUT2D eigenvalue weighted by atomic mass is 16.1. The van der Waals surface area contributed by atoms with Crippen LogP contribution in [0.2, 0.25) is 0 Å². The average Bonchev–Trinajstić information content (AvgIpc) is 3.24. The predicted molar refractivity (Wildman–Crippen MR) is 104 cm³/mol. The van der Waals surface area contributed by atoms with Crippen molar-refractivity contribution in [3.05, 3.63) is 59.3 Å². The summed E-state index contributed by atoms with van der Waals surface area (Å²) in [6, 6.07) is 5.86. The summed E-state index contributed by atoms with van der Waals surface area (Å²) < 4.78 is 3.55. The average molecular weight is 373 g/mol. The molecule has 1 unspecified atom stereocenters. The molecule has 0 fully saturated rings. The van der Waals surface area contributed by atoms with Crippen LogP contribution < -0.4 is 5.32 Å². The molecule has 0 bridgehead atoms. The first-order chi connectivity index (χ1) is 13.5. The Hall–Kier alpha value is -3.55. The fourth-order valence-corrected chi connectivity index (χ4v) is 4.00. The third kappa shape index (κ3) is 2.41. The number of pyridine rings is 1. The Morgan fingerprint density at radius 3 is 2.89 bits per heavy atom. The number of aromatic nitrogens is 6. The molecule has 4 aromatic rings. The smallest absolute Gasteiger partial charge is 0.226 e. The number of anilines is 1. The first-order valence-electron chi connectivity index (χ1n) is 9.12. The van der Waals surface area contributed by atoms with Crippen LogP contribution >= 0.6 is 0 Å². The van der Waals surface area contributed by atoms with Crippen LogP contribution in [-0.4, -0.2) is 35.3 Å². The number of aryl methyl sites for hydroxylation is 3. The summed E-state index contributed by atoms with van der Waals surface area (Å²) in [6.45, 7) is 3.97. The second kappa shape index (κ2) is 5.98. The van der Waals surface area contributed by atoms with Gasteiger partial charge in [-0.05, 0) is 32.0 Å². The molecule has 4 aromatic heterocycles. The normalized spacial score (nSPS) is 16.2. The standard InChI is InChI=1S/C20H19N7O/c1-11-7-12(2)27-19(23-11)15(10-22-27)14-8-16(28)24-20-17(14)18(25-26(20)3)13-5-4-6-21-9-13/h4-7,9-10,14H,8H2,1-3H3,(H,24,28). The second-order valence-corrected chi connectivity index (χ2v) is 7.16. The molecule has 0 spiro atoms. The quantitative estimate of drug-likeness (QED) is 0.583. The number of carbonyl (C=O) groups is 1. The summed E-state index contributed by atoms with van der Waals surface area (Å²) in [4.78, 5) is 21.4. The van der Waals surface area contributed by atoms with Gasteiger partial charge in [-0.3, -0.25) is 14.5 Å². The maximum absolute atomic E-state index is 12.5. The van der Waals surface area contributed by atoms with E-state index in [4.69, 9.17) is 4.98 Å². The highest BCUT2D eigenvalue weighted by Gasteiger charge is 2.35. The van der Waals surface area contributed by atoms with Gasteiger partial charge in [0.2, 0.25) is 5.91 Å². The Kier molecular flexibility index (Phi) is 3.55. The zero-order chi connectivity index (χ0) is 19.4. The number of hydrogen-bond donors (Lipinski definition) is 1. The van der Waals surface area contributed by atoms with Gasteiger partial charge in [-0.1, -0.05) is 0 Å². The molecule has 0 aromatic carbocycles. The Morgan fingerprint density at radius 1 is 1.25 bits per heavy atom. The number of nitrogens with one attached hydrogen (secondary N) is 1. The lowest BCUT2D eigenvalue weighted by Gasteiger charge is -2.23. The van der Waals surface area contributed by atoms with Gasteiger partial charge in [0, 0.05) is 59.9 Å². The van der Waals surface area contributed by atoms with Crippen LogP contribution in [0.25, 0.3) is 16.9 Å². The van der Waals surface area contributed by atoms with E-state index < -0.39 is 0 Å². The molecular weight excluding hydrogens is 354 g/mol. The number of rotatable bonds is 2. The van der Waals surface area contributed by atoms with Gasteiger partial charge in [0.05, 0.1) is 11.9 Å². The minimum absolute atomic E-state index is 0.0399. The summed E-state index contributed by atoms with van der Waals surface area (Å²) in [6.07, 6.45) is 5.67. The first-order valence-corrected chi connectivity index (χ1v) is 9.12. The lowest BCUT2D eigenvalue weighted by atomic mass is 9.85. The molecule has 8 nitrogen and oxygen atoms in total. The predicted octanol–water partition coefficient (Wildman–Crippen LogP) is 2.62. The first kappa shape index (κ1) is 16.6. The van der Waals surface area contributed by atoms with Crippen molar-refractivity contribution < 1.29 is 4.79 Å². The maximum atomic E-state index is 12.5. The second-order valence-electron chi connectivity index (χ2n) is 7.16. The van der Waals surface area contributed by atoms with Gasteiger partial charge in [-0.25, -0.2) is 9.50 Å². The van der Waals surface area contributed by atoms with Gasteiger partial charge < -0.3 is 5.32 Å². The van der Waals surface area contributed by atoms with E-state index in [1.807, 2.05) is 49.8 Å². The molecule has 0 radical (unpaired) electrons. The van der Waals surface area contributed by atoms with E-state index in [1.165, 1.54) is 0 Å². The van der Waals surface area contributed by atoms with Crippen molar-refractivity contribution in [3.8, 4) is 11.3 Å². The van der Waals surface area contributed by atoms with Crippen LogP contribution in [0.5, 0.6) is 0 Å². The number of carbonyl (C=O) groups excluding carboxylic acids is 1. The topological polar surface area (TPSA) is 90.0 Å². The summed E-state index contributed by atoms with van der Waals surface area (Å²) >= 11 is 0. The third-order valence-electron chi connectivity index (χ3n) is 5.20. The molecule has 1 atom stereocenters. The number of fused-ring (bicyclic) bond motifs is 2. The van der Waals surface area contributed by atoms with Crippen LogP contribution in [0.1, 0.15) is 34.9 Å². The zero-order valence-corrected chi connectivity index (χ0v) is 15.8. The van der Waals surface area contributed by atoms with Crippen LogP contribution in [-0.2, 0) is 11.8 Å². The molecule has 1 N–H and O–H groups in total. The molecule has 0 saturated heterocycles. The Balaban J connectivity index is 1.77. The molecular formula is C20H19N7O. The van der Waals surface area contributed by atoms with Crippen LogP contribution in [0.15, 0.2) is 36.8 Å². The van der Waals surface area contributed by atoms with Crippen molar-refractivity contribution >= 4 is 17.4 Å². The molecule has 5 heterocycles. The van der Waals surface area contributed by atoms with Crippen molar-refractivity contribution in [1.29, 1.82) is 0 Å². The molecule has 28 heavy (non-hydrogen) atoms. The number of hydrogen-bond acceptors (Lipinski definition) is 5. The minimum Gasteiger partial charge on any atom is -0.311 e. The lowest BCUT2D eigenvalue weighted by molar-refractivity contribution is -0.116. The zero-order valence-electron chi connectivity index (χ0n) is 15.8. The van der Waals surface area contributed by atoms with E-state index in [0.29, 0.717) is 12.2 Å². The van der Waals surface area contributed by atoms with E-state index in [2.05, 4.69) is 20.5 Å². The Morgan fingerprint density at radius 2 is 2.11 bits per heavy atom. The van der Waals surface area contributed by atoms with Crippen molar-refractivity contribution in [1.82, 2.24) is 29.4 Å². The summed E-state index contributed by atoms with van der Waals surface area (Å²) in [5, 5.41) is 12.2. The monoisotopic (exact) mass is 373 g/mol. The van der Waals surface area contributed by atoms with Gasteiger partial charge in [0.1, 0.15) is 5.82 Å². The summed E-state index contributed by atoms with van der Waals surface area (Å²) in [7, 11) is 1.84. The van der Waals surface area contributed by atoms with E-state index in [-0.39, 0.29) is 11.8 Å². The van der Waals surface area contributed by atoms with Crippen molar-refractivity contribution in [2.75, 3.05) is 5.32 Å². The van der Waals surface area contributed by atoms with Crippen molar-refractivity contribution in [2.45, 2.75) is 26.2 Å². The highest BCUT2D eigenvalue weighted by molar-refractivity contribution is 5.96. The fraction of sp³-hybridized carbons (Fsp3) is 0.250. The van der Waals surface area contributed by atoms with E-state index in [1.54, 1.807) is 17.1 Å². The fourth-order valence-electron chi connectivity index (χ4n) is 4.00. The molecule has 140 valence electrons. The van der Waals surface area contributed by atoms with E-state index in [0.717, 1.165) is 39.4 Å². The molecule has 0 aliphatic carbocycles. The van der Waals surface area contributed by atoms with Crippen molar-refractivity contribution in [2.24, 2.45) is 7.05 Å².